The van der Waals surface area contributed by atoms with Gasteiger partial charge in [-0.05, 0) is 93.0 Å². The van der Waals surface area contributed by atoms with Gasteiger partial charge in [-0.3, -0.25) is 4.98 Å². The van der Waals surface area contributed by atoms with Gasteiger partial charge in [-0.1, -0.05) is 140 Å². The Labute approximate surface area is 325 Å². The summed E-state index contributed by atoms with van der Waals surface area (Å²) in [5.41, 5.74) is 15.8. The molecule has 262 valence electrons. The van der Waals surface area contributed by atoms with Gasteiger partial charge in [0, 0.05) is 40.2 Å². The first-order valence-electron chi connectivity index (χ1n) is 18.9. The number of fused-ring (bicyclic) bond motifs is 9. The van der Waals surface area contributed by atoms with Crippen molar-refractivity contribution >= 4 is 0 Å². The Balaban J connectivity index is 1.16. The molecule has 0 bridgehead atoms. The molecule has 9 aromatic rings. The van der Waals surface area contributed by atoms with Crippen molar-refractivity contribution in [2.24, 2.45) is 0 Å². The molecule has 0 unspecified atom stereocenters. The van der Waals surface area contributed by atoms with Crippen LogP contribution in [0.4, 0.5) is 0 Å². The predicted molar refractivity (Wildman–Crippen MR) is 224 cm³/mol. The number of para-hydroxylation sites is 2. The maximum Gasteiger partial charge on any atom is 0.160 e. The Bertz CT molecular complexity index is 2900. The van der Waals surface area contributed by atoms with Crippen LogP contribution in [-0.2, 0) is 5.41 Å². The average Bonchev–Trinajstić information content (AvgIpc) is 3.56. The monoisotopic (exact) mass is 715 g/mol. The Kier molecular flexibility index (Phi) is 7.36. The van der Waals surface area contributed by atoms with Crippen LogP contribution < -0.4 is 4.74 Å². The molecule has 0 amide bonds. The first kappa shape index (κ1) is 32.0. The number of ether oxygens (including phenoxy) is 1. The molecule has 1 aliphatic heterocycles. The first-order valence-corrected chi connectivity index (χ1v) is 18.9. The zero-order valence-corrected chi connectivity index (χ0v) is 30.3. The lowest BCUT2D eigenvalue weighted by Crippen LogP contribution is -2.32. The van der Waals surface area contributed by atoms with E-state index >= 15 is 0 Å². The molecule has 0 atom stereocenters. The van der Waals surface area contributed by atoms with Crippen LogP contribution in [0.1, 0.15) is 22.3 Å². The van der Waals surface area contributed by atoms with Crippen molar-refractivity contribution in [2.75, 3.05) is 0 Å². The lowest BCUT2D eigenvalue weighted by molar-refractivity contribution is 0.436. The standard InChI is InChI=1S/C52H33N3O/c1-3-12-34(13-4-1)37-16-11-17-39(30-37)47-33-48(55-51(54-47)36-14-5-2-6-15-36)40-23-25-42-41-24-22-38(35-26-28-53-29-27-35)31-45(41)52(46(42)32-40)43-18-7-9-20-49(43)56-50-21-10-8-19-44(50)52/h1-33H. The molecule has 2 aliphatic rings. The molecular formula is C52H33N3O. The largest absolute Gasteiger partial charge is 0.457 e. The molecule has 11 rings (SSSR count). The highest BCUT2D eigenvalue weighted by molar-refractivity contribution is 5.92. The van der Waals surface area contributed by atoms with E-state index in [4.69, 9.17) is 14.7 Å². The first-order chi connectivity index (χ1) is 27.7. The summed E-state index contributed by atoms with van der Waals surface area (Å²) in [4.78, 5) is 14.8. The molecule has 4 heteroatoms. The van der Waals surface area contributed by atoms with E-state index in [2.05, 4.69) is 169 Å². The van der Waals surface area contributed by atoms with E-state index in [1.165, 1.54) is 27.8 Å². The van der Waals surface area contributed by atoms with E-state index < -0.39 is 5.41 Å². The van der Waals surface area contributed by atoms with Crippen LogP contribution in [0.15, 0.2) is 200 Å². The highest BCUT2D eigenvalue weighted by Crippen LogP contribution is 2.62. The van der Waals surface area contributed by atoms with Crippen LogP contribution in [0.2, 0.25) is 0 Å². The number of pyridine rings is 1. The molecule has 4 nitrogen and oxygen atoms in total. The number of hydrogen-bond acceptors (Lipinski definition) is 4. The normalized spacial score (nSPS) is 12.9. The van der Waals surface area contributed by atoms with Gasteiger partial charge < -0.3 is 4.74 Å². The van der Waals surface area contributed by atoms with Gasteiger partial charge in [-0.15, -0.1) is 0 Å². The van der Waals surface area contributed by atoms with E-state index in [0.717, 1.165) is 67.4 Å². The zero-order chi connectivity index (χ0) is 37.1. The van der Waals surface area contributed by atoms with Gasteiger partial charge in [0.05, 0.1) is 16.8 Å². The van der Waals surface area contributed by atoms with Crippen LogP contribution in [0.3, 0.4) is 0 Å². The van der Waals surface area contributed by atoms with Crippen molar-refractivity contribution < 1.29 is 4.74 Å². The number of aromatic nitrogens is 3. The van der Waals surface area contributed by atoms with E-state index in [1.54, 1.807) is 0 Å². The quantitative estimate of drug-likeness (QED) is 0.178. The molecule has 0 N–H and O–H groups in total. The smallest absolute Gasteiger partial charge is 0.160 e. The minimum absolute atomic E-state index is 0.642. The van der Waals surface area contributed by atoms with E-state index in [1.807, 2.05) is 36.7 Å². The number of nitrogens with zero attached hydrogens (tertiary/aromatic N) is 3. The summed E-state index contributed by atoms with van der Waals surface area (Å²) >= 11 is 0. The molecule has 0 radical (unpaired) electrons. The third kappa shape index (κ3) is 5.04. The van der Waals surface area contributed by atoms with Crippen molar-refractivity contribution in [1.29, 1.82) is 0 Å². The highest BCUT2D eigenvalue weighted by atomic mass is 16.5. The lowest BCUT2D eigenvalue weighted by Gasteiger charge is -2.39. The summed E-state index contributed by atoms with van der Waals surface area (Å²) in [7, 11) is 0. The fourth-order valence-corrected chi connectivity index (χ4v) is 8.73. The topological polar surface area (TPSA) is 47.9 Å². The summed E-state index contributed by atoms with van der Waals surface area (Å²) in [5, 5.41) is 0. The van der Waals surface area contributed by atoms with Crippen molar-refractivity contribution in [3.05, 3.63) is 223 Å². The Hall–Kier alpha value is -7.43. The van der Waals surface area contributed by atoms with Gasteiger partial charge >= 0.3 is 0 Å². The van der Waals surface area contributed by atoms with Crippen molar-refractivity contribution in [3.8, 4) is 78.8 Å². The van der Waals surface area contributed by atoms with Crippen LogP contribution in [0.5, 0.6) is 11.5 Å². The van der Waals surface area contributed by atoms with Crippen molar-refractivity contribution in [1.82, 2.24) is 15.0 Å². The Morgan fingerprint density at radius 2 is 0.821 bits per heavy atom. The van der Waals surface area contributed by atoms with Gasteiger partial charge in [-0.2, -0.15) is 0 Å². The van der Waals surface area contributed by atoms with E-state index in [-0.39, 0.29) is 0 Å². The summed E-state index contributed by atoms with van der Waals surface area (Å²) < 4.78 is 6.67. The Morgan fingerprint density at radius 1 is 0.339 bits per heavy atom. The summed E-state index contributed by atoms with van der Waals surface area (Å²) in [6.07, 6.45) is 3.71. The van der Waals surface area contributed by atoms with Gasteiger partial charge in [0.2, 0.25) is 0 Å². The minimum atomic E-state index is -0.642. The second-order valence-electron chi connectivity index (χ2n) is 14.4. The second-order valence-corrected chi connectivity index (χ2v) is 14.4. The Morgan fingerprint density at radius 3 is 1.48 bits per heavy atom. The molecule has 56 heavy (non-hydrogen) atoms. The van der Waals surface area contributed by atoms with Gasteiger partial charge in [-0.25, -0.2) is 9.97 Å². The van der Waals surface area contributed by atoms with Gasteiger partial charge in [0.25, 0.3) is 0 Å². The van der Waals surface area contributed by atoms with Crippen molar-refractivity contribution in [3.63, 3.8) is 0 Å². The van der Waals surface area contributed by atoms with Crippen LogP contribution in [0.25, 0.3) is 67.3 Å². The fourth-order valence-electron chi connectivity index (χ4n) is 8.73. The fraction of sp³-hybridized carbons (Fsp3) is 0.0192. The third-order valence-corrected chi connectivity index (χ3v) is 11.3. The maximum absolute atomic E-state index is 6.67. The maximum atomic E-state index is 6.67. The molecule has 0 saturated carbocycles. The van der Waals surface area contributed by atoms with Crippen LogP contribution in [-0.4, -0.2) is 15.0 Å². The number of hydrogen-bond donors (Lipinski definition) is 0. The summed E-state index contributed by atoms with van der Waals surface area (Å²) in [6.45, 7) is 0. The minimum Gasteiger partial charge on any atom is -0.457 e. The average molecular weight is 716 g/mol. The number of benzene rings is 7. The van der Waals surface area contributed by atoms with E-state index in [9.17, 15) is 0 Å². The van der Waals surface area contributed by atoms with Gasteiger partial charge in [0.15, 0.2) is 5.82 Å². The van der Waals surface area contributed by atoms with Gasteiger partial charge in [0.1, 0.15) is 11.5 Å². The second kappa shape index (κ2) is 12.9. The van der Waals surface area contributed by atoms with Crippen LogP contribution >= 0.6 is 0 Å². The summed E-state index contributed by atoms with van der Waals surface area (Å²) in [5.74, 6) is 2.41. The van der Waals surface area contributed by atoms with Crippen molar-refractivity contribution in [2.45, 2.75) is 5.41 Å². The highest BCUT2D eigenvalue weighted by Gasteiger charge is 2.51. The molecule has 1 aliphatic carbocycles. The number of rotatable bonds is 5. The molecule has 2 aromatic heterocycles. The molecule has 7 aromatic carbocycles. The molecular weight excluding hydrogens is 683 g/mol. The third-order valence-electron chi connectivity index (χ3n) is 11.3. The lowest BCUT2D eigenvalue weighted by atomic mass is 9.65. The van der Waals surface area contributed by atoms with Crippen LogP contribution in [0, 0.1) is 0 Å². The zero-order valence-electron chi connectivity index (χ0n) is 30.3. The summed E-state index contributed by atoms with van der Waals surface area (Å²) in [6, 6.07) is 66.4. The van der Waals surface area contributed by atoms with E-state index in [0.29, 0.717) is 5.82 Å². The molecule has 3 heterocycles. The molecule has 1 spiro atoms. The molecule has 0 fully saturated rings. The SMILES string of the molecule is c1ccc(-c2cccc(-c3cc(-c4ccc5c(c4)C4(c6ccccc6Oc6ccccc64)c4cc(-c6ccncc6)ccc4-5)nc(-c4ccccc4)n3)c2)cc1. The molecule has 0 saturated heterocycles. The predicted octanol–water partition coefficient (Wildman–Crippen LogP) is 12.7.